The number of carbonyl (C=O) groups excluding carboxylic acids is 1. The molecule has 0 aliphatic carbocycles. The third-order valence-electron chi connectivity index (χ3n) is 4.33. The number of aromatic nitrogens is 3. The number of aryl methyl sites for hydroxylation is 1. The van der Waals surface area contributed by atoms with Gasteiger partial charge in [-0.25, -0.2) is 0 Å². The summed E-state index contributed by atoms with van der Waals surface area (Å²) < 4.78 is 7.18. The van der Waals surface area contributed by atoms with Crippen molar-refractivity contribution < 1.29 is 9.53 Å². The number of hydrogen-bond acceptors (Lipinski definition) is 6. The van der Waals surface area contributed by atoms with Crippen molar-refractivity contribution in [3.63, 3.8) is 0 Å². The number of ether oxygens (including phenoxy) is 1. The molecule has 1 N–H and O–H groups in total. The number of rotatable bonds is 7. The second-order valence-electron chi connectivity index (χ2n) is 6.59. The molecule has 1 atom stereocenters. The molecule has 146 valence electrons. The van der Waals surface area contributed by atoms with Gasteiger partial charge in [0.05, 0.1) is 24.7 Å². The molecule has 1 fully saturated rings. The summed E-state index contributed by atoms with van der Waals surface area (Å²) in [7, 11) is 0. The van der Waals surface area contributed by atoms with E-state index in [1.54, 1.807) is 6.33 Å². The molecule has 1 aliphatic heterocycles. The van der Waals surface area contributed by atoms with Crippen molar-refractivity contribution >= 4 is 29.3 Å². The lowest BCUT2D eigenvalue weighted by molar-refractivity contribution is -0.119. The lowest BCUT2D eigenvalue weighted by Crippen LogP contribution is -2.46. The summed E-state index contributed by atoms with van der Waals surface area (Å²) in [6, 6.07) is 5.87. The summed E-state index contributed by atoms with van der Waals surface area (Å²) in [5.41, 5.74) is 1.88. The Morgan fingerprint density at radius 1 is 1.41 bits per heavy atom. The molecule has 1 aromatic carbocycles. The summed E-state index contributed by atoms with van der Waals surface area (Å²) in [4.78, 5) is 14.6. The third kappa shape index (κ3) is 5.68. The van der Waals surface area contributed by atoms with Gasteiger partial charge in [-0.15, -0.1) is 10.2 Å². The van der Waals surface area contributed by atoms with Gasteiger partial charge in [0.15, 0.2) is 5.16 Å². The van der Waals surface area contributed by atoms with Gasteiger partial charge in [-0.3, -0.25) is 14.3 Å². The molecule has 9 heteroatoms. The van der Waals surface area contributed by atoms with E-state index in [9.17, 15) is 4.79 Å². The van der Waals surface area contributed by atoms with Crippen molar-refractivity contribution in [2.75, 3.05) is 38.6 Å². The molecule has 0 radical (unpaired) electrons. The molecule has 1 amide bonds. The van der Waals surface area contributed by atoms with Gasteiger partial charge in [0.1, 0.15) is 6.33 Å². The van der Waals surface area contributed by atoms with Crippen LogP contribution in [0, 0.1) is 6.92 Å². The zero-order valence-corrected chi connectivity index (χ0v) is 17.1. The van der Waals surface area contributed by atoms with Crippen molar-refractivity contribution in [3.05, 3.63) is 35.1 Å². The van der Waals surface area contributed by atoms with Crippen molar-refractivity contribution in [3.8, 4) is 5.69 Å². The maximum Gasteiger partial charge on any atom is 0.230 e. The van der Waals surface area contributed by atoms with Gasteiger partial charge >= 0.3 is 0 Å². The molecule has 0 spiro atoms. The second kappa shape index (κ2) is 9.54. The van der Waals surface area contributed by atoms with Crippen molar-refractivity contribution in [1.82, 2.24) is 25.0 Å². The van der Waals surface area contributed by atoms with Gasteiger partial charge in [-0.1, -0.05) is 29.4 Å². The fraction of sp³-hybridized carbons (Fsp3) is 0.500. The molecule has 0 saturated carbocycles. The maximum absolute atomic E-state index is 12.3. The van der Waals surface area contributed by atoms with Gasteiger partial charge in [0.25, 0.3) is 0 Å². The third-order valence-corrected chi connectivity index (χ3v) is 5.68. The van der Waals surface area contributed by atoms with Crippen LogP contribution in [0.4, 0.5) is 0 Å². The van der Waals surface area contributed by atoms with Crippen LogP contribution in [0.15, 0.2) is 29.7 Å². The lowest BCUT2D eigenvalue weighted by Gasteiger charge is -2.29. The number of nitrogens with zero attached hydrogens (tertiary/aromatic N) is 4. The molecule has 7 nitrogen and oxygen atoms in total. The van der Waals surface area contributed by atoms with E-state index in [0.717, 1.165) is 44.1 Å². The Labute approximate surface area is 168 Å². The second-order valence-corrected chi connectivity index (χ2v) is 7.94. The van der Waals surface area contributed by atoms with Gasteiger partial charge < -0.3 is 10.1 Å². The minimum atomic E-state index is -0.0164. The zero-order valence-electron chi connectivity index (χ0n) is 15.5. The molecule has 1 unspecified atom stereocenters. The van der Waals surface area contributed by atoms with E-state index < -0.39 is 0 Å². The molecule has 3 rings (SSSR count). The van der Waals surface area contributed by atoms with E-state index >= 15 is 0 Å². The average Bonchev–Trinajstić information content (AvgIpc) is 3.11. The summed E-state index contributed by atoms with van der Waals surface area (Å²) in [6.07, 6.45) is 1.63. The lowest BCUT2D eigenvalue weighted by atomic mass is 10.2. The van der Waals surface area contributed by atoms with Gasteiger partial charge in [-0.05, 0) is 31.5 Å². The Bertz CT molecular complexity index is 779. The minimum Gasteiger partial charge on any atom is -0.379 e. The molecule has 1 saturated heterocycles. The largest absolute Gasteiger partial charge is 0.379 e. The van der Waals surface area contributed by atoms with E-state index in [1.807, 2.05) is 36.6 Å². The van der Waals surface area contributed by atoms with E-state index in [1.165, 1.54) is 11.8 Å². The van der Waals surface area contributed by atoms with Crippen LogP contribution in [0.2, 0.25) is 5.02 Å². The number of benzene rings is 1. The van der Waals surface area contributed by atoms with Gasteiger partial charge in [0.2, 0.25) is 5.91 Å². The topological polar surface area (TPSA) is 72.3 Å². The van der Waals surface area contributed by atoms with Crippen LogP contribution in [-0.4, -0.2) is 70.2 Å². The number of halogens is 1. The summed E-state index contributed by atoms with van der Waals surface area (Å²) >= 11 is 7.57. The minimum absolute atomic E-state index is 0.0164. The highest BCUT2D eigenvalue weighted by Gasteiger charge is 2.16. The Morgan fingerprint density at radius 3 is 2.93 bits per heavy atom. The Hall–Kier alpha value is -1.61. The van der Waals surface area contributed by atoms with Crippen LogP contribution in [0.25, 0.3) is 5.69 Å². The molecular weight excluding hydrogens is 386 g/mol. The number of morpholine rings is 1. The Kier molecular flexibility index (Phi) is 7.12. The maximum atomic E-state index is 12.3. The normalized spacial score (nSPS) is 16.3. The highest BCUT2D eigenvalue weighted by molar-refractivity contribution is 7.99. The van der Waals surface area contributed by atoms with Crippen LogP contribution < -0.4 is 5.32 Å². The molecule has 27 heavy (non-hydrogen) atoms. The SMILES string of the molecule is Cc1ccc(-n2cnnc2SCC(=O)NC(C)CN2CCOCC2)cc1Cl. The molecule has 0 bridgehead atoms. The Morgan fingerprint density at radius 2 is 2.19 bits per heavy atom. The first kappa shape index (κ1) is 20.1. The molecule has 2 heterocycles. The first-order chi connectivity index (χ1) is 13.0. The summed E-state index contributed by atoms with van der Waals surface area (Å²) in [6.45, 7) is 8.15. The highest BCUT2D eigenvalue weighted by Crippen LogP contribution is 2.23. The highest BCUT2D eigenvalue weighted by atomic mass is 35.5. The summed E-state index contributed by atoms with van der Waals surface area (Å²) in [5.74, 6) is 0.267. The van der Waals surface area contributed by atoms with Gasteiger partial charge in [-0.2, -0.15) is 0 Å². The standard InChI is InChI=1S/C18H24ClN5O2S/c1-13-3-4-15(9-16(13)19)24-12-20-22-18(24)27-11-17(25)21-14(2)10-23-5-7-26-8-6-23/h3-4,9,12,14H,5-8,10-11H2,1-2H3,(H,21,25). The first-order valence-corrected chi connectivity index (χ1v) is 10.3. The van der Waals surface area contributed by atoms with E-state index in [0.29, 0.717) is 10.2 Å². The number of carbonyl (C=O) groups is 1. The quantitative estimate of drug-likeness (QED) is 0.706. The van der Waals surface area contributed by atoms with E-state index in [4.69, 9.17) is 16.3 Å². The van der Waals surface area contributed by atoms with Crippen molar-refractivity contribution in [1.29, 1.82) is 0 Å². The average molecular weight is 410 g/mol. The number of amides is 1. The van der Waals surface area contributed by atoms with Crippen LogP contribution in [0.3, 0.4) is 0 Å². The molecule has 1 aromatic heterocycles. The fourth-order valence-electron chi connectivity index (χ4n) is 2.89. The monoisotopic (exact) mass is 409 g/mol. The van der Waals surface area contributed by atoms with Crippen LogP contribution in [-0.2, 0) is 9.53 Å². The number of nitrogens with one attached hydrogen (secondary N) is 1. The predicted molar refractivity (Wildman–Crippen MR) is 107 cm³/mol. The van der Waals surface area contributed by atoms with Gasteiger partial charge in [0, 0.05) is 30.7 Å². The van der Waals surface area contributed by atoms with Crippen LogP contribution in [0.1, 0.15) is 12.5 Å². The first-order valence-electron chi connectivity index (χ1n) is 8.92. The number of thioether (sulfide) groups is 1. The molecule has 2 aromatic rings. The Balaban J connectivity index is 1.52. The summed E-state index contributed by atoms with van der Waals surface area (Å²) in [5, 5.41) is 12.5. The smallest absolute Gasteiger partial charge is 0.230 e. The fourth-order valence-corrected chi connectivity index (χ4v) is 3.81. The molecule has 1 aliphatic rings. The zero-order chi connectivity index (χ0) is 19.2. The van der Waals surface area contributed by atoms with Crippen molar-refractivity contribution in [2.45, 2.75) is 25.0 Å². The van der Waals surface area contributed by atoms with E-state index in [-0.39, 0.29) is 17.7 Å². The van der Waals surface area contributed by atoms with E-state index in [2.05, 4.69) is 20.4 Å². The molecular formula is C18H24ClN5O2S. The predicted octanol–water partition coefficient (Wildman–Crippen LogP) is 2.16. The van der Waals surface area contributed by atoms with Crippen LogP contribution in [0.5, 0.6) is 0 Å². The van der Waals surface area contributed by atoms with Crippen LogP contribution >= 0.6 is 23.4 Å². The number of hydrogen-bond donors (Lipinski definition) is 1. The van der Waals surface area contributed by atoms with Crippen molar-refractivity contribution in [2.24, 2.45) is 0 Å².